The van der Waals surface area contributed by atoms with E-state index < -0.39 is 30.0 Å². The molecule has 0 aliphatic heterocycles. The first-order valence-corrected chi connectivity index (χ1v) is 3.82. The van der Waals surface area contributed by atoms with Gasteiger partial charge in [0.2, 0.25) is 0 Å². The Hall–Kier alpha value is 0.0900. The van der Waals surface area contributed by atoms with E-state index in [9.17, 15) is 22.0 Å². The minimum Gasteiger partial charge on any atom is -0.395 e. The molecule has 0 aliphatic rings. The lowest BCUT2D eigenvalue weighted by Crippen LogP contribution is -2.39. The van der Waals surface area contributed by atoms with Crippen molar-refractivity contribution >= 4 is 15.9 Å². The van der Waals surface area contributed by atoms with Gasteiger partial charge in [0.25, 0.3) is 0 Å². The molecule has 0 bridgehead atoms. The number of rotatable bonds is 3. The summed E-state index contributed by atoms with van der Waals surface area (Å²) in [4.78, 5) is -1.24. The Kier molecular flexibility index (Phi) is 3.89. The zero-order valence-corrected chi connectivity index (χ0v) is 7.29. The molecule has 0 saturated carbocycles. The molecule has 7 heteroatoms. The quantitative estimate of drug-likeness (QED) is 0.607. The average Bonchev–Trinajstić information content (AvgIpc) is 1.84. The van der Waals surface area contributed by atoms with E-state index >= 15 is 0 Å². The van der Waals surface area contributed by atoms with Crippen LogP contribution in [0, 0.1) is 0 Å². The molecule has 0 aromatic rings. The average molecular weight is 257 g/mol. The Balaban J connectivity index is 4.22. The third-order valence-electron chi connectivity index (χ3n) is 1.09. The summed E-state index contributed by atoms with van der Waals surface area (Å²) >= 11 is 2.48. The normalized spacial score (nSPS) is 16.2. The second-order valence-electron chi connectivity index (χ2n) is 2.19. The van der Waals surface area contributed by atoms with Crippen molar-refractivity contribution in [1.29, 1.82) is 0 Å². The van der Waals surface area contributed by atoms with Crippen molar-refractivity contribution < 1.29 is 27.1 Å². The molecular formula is C5H6BrF5O. The van der Waals surface area contributed by atoms with Crippen LogP contribution >= 0.6 is 15.9 Å². The Labute approximate surface area is 73.7 Å². The highest BCUT2D eigenvalue weighted by molar-refractivity contribution is 9.09. The first kappa shape index (κ1) is 12.1. The van der Waals surface area contributed by atoms with Crippen molar-refractivity contribution in [2.75, 3.05) is 6.61 Å². The van der Waals surface area contributed by atoms with Crippen LogP contribution in [-0.4, -0.2) is 28.6 Å². The molecule has 0 saturated heterocycles. The molecule has 0 aliphatic carbocycles. The van der Waals surface area contributed by atoms with Crippen LogP contribution in [0.4, 0.5) is 22.0 Å². The molecule has 0 rings (SSSR count). The zero-order chi connectivity index (χ0) is 9.99. The minimum atomic E-state index is -5.55. The standard InChI is InChI=1S/C5H6BrF5O/c6-3(2-12)1-4(7,8)5(9,10)11/h3,12H,1-2H2. The summed E-state index contributed by atoms with van der Waals surface area (Å²) in [6.07, 6.45) is -7.00. The third-order valence-corrected chi connectivity index (χ3v) is 1.70. The van der Waals surface area contributed by atoms with Crippen molar-refractivity contribution in [2.24, 2.45) is 0 Å². The van der Waals surface area contributed by atoms with Crippen LogP contribution < -0.4 is 0 Å². The van der Waals surface area contributed by atoms with Crippen molar-refractivity contribution in [3.63, 3.8) is 0 Å². The number of hydrogen-bond acceptors (Lipinski definition) is 1. The number of aliphatic hydroxyl groups excluding tert-OH is 1. The van der Waals surface area contributed by atoms with E-state index in [0.29, 0.717) is 0 Å². The summed E-state index contributed by atoms with van der Waals surface area (Å²) in [5.41, 5.74) is 0. The van der Waals surface area contributed by atoms with Gasteiger partial charge in [0.1, 0.15) is 0 Å². The van der Waals surface area contributed by atoms with E-state index in [1.165, 1.54) is 0 Å². The molecule has 0 amide bonds. The molecule has 0 radical (unpaired) electrons. The van der Waals surface area contributed by atoms with Crippen LogP contribution in [0.25, 0.3) is 0 Å². The molecule has 74 valence electrons. The van der Waals surface area contributed by atoms with Crippen LogP contribution in [0.1, 0.15) is 6.42 Å². The monoisotopic (exact) mass is 256 g/mol. The van der Waals surface area contributed by atoms with Crippen LogP contribution in [0.15, 0.2) is 0 Å². The topological polar surface area (TPSA) is 20.2 Å². The van der Waals surface area contributed by atoms with Crippen molar-refractivity contribution in [3.8, 4) is 0 Å². The number of hydrogen-bond donors (Lipinski definition) is 1. The van der Waals surface area contributed by atoms with Crippen LogP contribution in [-0.2, 0) is 0 Å². The Bertz CT molecular complexity index is 145. The fourth-order valence-corrected chi connectivity index (χ4v) is 0.865. The smallest absolute Gasteiger partial charge is 0.395 e. The van der Waals surface area contributed by atoms with E-state index in [2.05, 4.69) is 15.9 Å². The van der Waals surface area contributed by atoms with Crippen LogP contribution in [0.5, 0.6) is 0 Å². The maximum Gasteiger partial charge on any atom is 0.453 e. The highest BCUT2D eigenvalue weighted by Crippen LogP contribution is 2.39. The van der Waals surface area contributed by atoms with E-state index in [1.807, 2.05) is 0 Å². The molecule has 1 N–H and O–H groups in total. The summed E-state index contributed by atoms with van der Waals surface area (Å²) in [7, 11) is 0. The van der Waals surface area contributed by atoms with Gasteiger partial charge in [0.05, 0.1) is 6.61 Å². The van der Waals surface area contributed by atoms with Gasteiger partial charge in [-0.3, -0.25) is 0 Å². The van der Waals surface area contributed by atoms with Crippen molar-refractivity contribution in [2.45, 2.75) is 23.3 Å². The Morgan fingerprint density at radius 2 is 1.58 bits per heavy atom. The highest BCUT2D eigenvalue weighted by Gasteiger charge is 2.57. The first-order chi connectivity index (χ1) is 5.20. The van der Waals surface area contributed by atoms with Crippen LogP contribution in [0.3, 0.4) is 0 Å². The van der Waals surface area contributed by atoms with E-state index in [-0.39, 0.29) is 0 Å². The molecule has 12 heavy (non-hydrogen) atoms. The number of aliphatic hydroxyl groups is 1. The fraction of sp³-hybridized carbons (Fsp3) is 1.00. The first-order valence-electron chi connectivity index (χ1n) is 2.90. The summed E-state index contributed by atoms with van der Waals surface area (Å²) in [6.45, 7) is -0.758. The second kappa shape index (κ2) is 3.87. The molecule has 1 unspecified atom stereocenters. The summed E-state index contributed by atoms with van der Waals surface area (Å²) in [5.74, 6) is -4.75. The lowest BCUT2D eigenvalue weighted by molar-refractivity contribution is -0.284. The van der Waals surface area contributed by atoms with Gasteiger partial charge in [-0.1, -0.05) is 15.9 Å². The highest BCUT2D eigenvalue weighted by atomic mass is 79.9. The van der Waals surface area contributed by atoms with Gasteiger partial charge in [-0.25, -0.2) is 0 Å². The maximum atomic E-state index is 12.1. The maximum absolute atomic E-state index is 12.1. The molecule has 0 aromatic heterocycles. The van der Waals surface area contributed by atoms with E-state index in [1.54, 1.807) is 0 Å². The molecule has 0 spiro atoms. The van der Waals surface area contributed by atoms with Gasteiger partial charge in [-0.2, -0.15) is 22.0 Å². The molecular weight excluding hydrogens is 251 g/mol. The predicted octanol–water partition coefficient (Wildman–Crippen LogP) is 2.33. The summed E-state index contributed by atoms with van der Waals surface area (Å²) < 4.78 is 58.6. The summed E-state index contributed by atoms with van der Waals surface area (Å²) in [5, 5.41) is 8.22. The zero-order valence-electron chi connectivity index (χ0n) is 5.71. The Morgan fingerprint density at radius 1 is 1.17 bits per heavy atom. The number of halogens is 6. The van der Waals surface area contributed by atoms with Crippen molar-refractivity contribution in [1.82, 2.24) is 0 Å². The predicted molar refractivity (Wildman–Crippen MR) is 35.4 cm³/mol. The van der Waals surface area contributed by atoms with Crippen LogP contribution in [0.2, 0.25) is 0 Å². The summed E-state index contributed by atoms with van der Waals surface area (Å²) in [6, 6.07) is 0. The lowest BCUT2D eigenvalue weighted by Gasteiger charge is -2.20. The fourth-order valence-electron chi connectivity index (χ4n) is 0.458. The molecule has 0 fully saturated rings. The van der Waals surface area contributed by atoms with Gasteiger partial charge in [0, 0.05) is 11.2 Å². The van der Waals surface area contributed by atoms with E-state index in [0.717, 1.165) is 0 Å². The Morgan fingerprint density at radius 3 is 1.83 bits per heavy atom. The largest absolute Gasteiger partial charge is 0.453 e. The molecule has 1 atom stereocenters. The van der Waals surface area contributed by atoms with E-state index in [4.69, 9.17) is 5.11 Å². The van der Waals surface area contributed by atoms with Gasteiger partial charge in [-0.15, -0.1) is 0 Å². The molecule has 1 nitrogen and oxygen atoms in total. The minimum absolute atomic E-state index is 0.758. The van der Waals surface area contributed by atoms with Crippen molar-refractivity contribution in [3.05, 3.63) is 0 Å². The lowest BCUT2D eigenvalue weighted by atomic mass is 10.2. The second-order valence-corrected chi connectivity index (χ2v) is 3.48. The SMILES string of the molecule is OCC(Br)CC(F)(F)C(F)(F)F. The van der Waals surface area contributed by atoms with Gasteiger partial charge >= 0.3 is 12.1 Å². The van der Waals surface area contributed by atoms with Gasteiger partial charge in [-0.05, 0) is 0 Å². The van der Waals surface area contributed by atoms with Gasteiger partial charge < -0.3 is 5.11 Å². The molecule has 0 heterocycles. The van der Waals surface area contributed by atoms with Gasteiger partial charge in [0.15, 0.2) is 0 Å². The third kappa shape index (κ3) is 3.22. The molecule has 0 aromatic carbocycles. The number of alkyl halides is 6.